The molecule has 20 heavy (non-hydrogen) atoms. The van der Waals surface area contributed by atoms with Crippen LogP contribution in [0.3, 0.4) is 0 Å². The van der Waals surface area contributed by atoms with Gasteiger partial charge in [0.15, 0.2) is 0 Å². The summed E-state index contributed by atoms with van der Waals surface area (Å²) in [6, 6.07) is 13.6. The predicted octanol–water partition coefficient (Wildman–Crippen LogP) is 6.06. The van der Waals surface area contributed by atoms with E-state index in [1.165, 1.54) is 0 Å². The third-order valence-corrected chi connectivity index (χ3v) is 4.48. The molecule has 2 rings (SSSR count). The first-order valence-corrected chi connectivity index (χ1v) is 8.22. The number of benzene rings is 2. The molecule has 0 aliphatic carbocycles. The van der Waals surface area contributed by atoms with E-state index in [1.807, 2.05) is 56.3 Å². The fraction of sp³-hybridized carbons (Fsp3) is 0.250. The smallest absolute Gasteiger partial charge is 0.119 e. The maximum absolute atomic E-state index is 6.56. The Morgan fingerprint density at radius 1 is 1.05 bits per heavy atom. The maximum Gasteiger partial charge on any atom is 0.119 e. The maximum atomic E-state index is 6.56. The van der Waals surface area contributed by atoms with Crippen molar-refractivity contribution in [1.82, 2.24) is 0 Å². The van der Waals surface area contributed by atoms with Crippen LogP contribution in [-0.2, 0) is 0 Å². The van der Waals surface area contributed by atoms with Crippen LogP contribution in [0.25, 0.3) is 0 Å². The van der Waals surface area contributed by atoms with Gasteiger partial charge in [0.25, 0.3) is 0 Å². The van der Waals surface area contributed by atoms with E-state index >= 15 is 0 Å². The van der Waals surface area contributed by atoms with E-state index in [-0.39, 0.29) is 11.5 Å². The summed E-state index contributed by atoms with van der Waals surface area (Å²) in [6.45, 7) is 4.01. The molecule has 0 fully saturated rings. The normalized spacial score (nSPS) is 12.5. The van der Waals surface area contributed by atoms with E-state index in [4.69, 9.17) is 27.9 Å². The van der Waals surface area contributed by atoms with Gasteiger partial charge in [-0.2, -0.15) is 0 Å². The van der Waals surface area contributed by atoms with Crippen molar-refractivity contribution in [2.75, 3.05) is 0 Å². The molecular formula is C16H15Cl2IO. The van der Waals surface area contributed by atoms with Crippen LogP contribution in [0, 0.1) is 3.57 Å². The summed E-state index contributed by atoms with van der Waals surface area (Å²) in [7, 11) is 0. The Morgan fingerprint density at radius 3 is 2.30 bits per heavy atom. The molecule has 0 aliphatic heterocycles. The third-order valence-electron chi connectivity index (χ3n) is 2.78. The lowest BCUT2D eigenvalue weighted by Gasteiger charge is -2.14. The van der Waals surface area contributed by atoms with Gasteiger partial charge in [0.2, 0.25) is 0 Å². The van der Waals surface area contributed by atoms with Gasteiger partial charge in [-0.15, -0.1) is 11.6 Å². The lowest BCUT2D eigenvalue weighted by Crippen LogP contribution is -2.05. The largest absolute Gasteiger partial charge is 0.491 e. The van der Waals surface area contributed by atoms with Crippen LogP contribution in [0.1, 0.15) is 30.4 Å². The topological polar surface area (TPSA) is 9.23 Å². The van der Waals surface area contributed by atoms with E-state index in [2.05, 4.69) is 22.6 Å². The molecule has 0 saturated carbocycles. The van der Waals surface area contributed by atoms with Gasteiger partial charge in [-0.1, -0.05) is 23.7 Å². The number of alkyl halides is 1. The van der Waals surface area contributed by atoms with Crippen LogP contribution >= 0.6 is 45.8 Å². The van der Waals surface area contributed by atoms with Crippen molar-refractivity contribution in [1.29, 1.82) is 0 Å². The second kappa shape index (κ2) is 7.01. The van der Waals surface area contributed by atoms with Crippen LogP contribution in [0.4, 0.5) is 0 Å². The first kappa shape index (κ1) is 15.9. The lowest BCUT2D eigenvalue weighted by molar-refractivity contribution is 0.242. The molecule has 0 radical (unpaired) electrons. The molecule has 0 spiro atoms. The van der Waals surface area contributed by atoms with Gasteiger partial charge < -0.3 is 4.74 Å². The van der Waals surface area contributed by atoms with Crippen LogP contribution in [0.15, 0.2) is 42.5 Å². The fourth-order valence-electron chi connectivity index (χ4n) is 1.88. The Morgan fingerprint density at radius 2 is 1.70 bits per heavy atom. The highest BCUT2D eigenvalue weighted by atomic mass is 127. The first-order valence-electron chi connectivity index (χ1n) is 6.33. The van der Waals surface area contributed by atoms with Crippen molar-refractivity contribution in [3.8, 4) is 5.75 Å². The summed E-state index contributed by atoms with van der Waals surface area (Å²) in [4.78, 5) is 0. The van der Waals surface area contributed by atoms with Crippen molar-refractivity contribution < 1.29 is 4.74 Å². The van der Waals surface area contributed by atoms with E-state index in [1.54, 1.807) is 0 Å². The molecule has 106 valence electrons. The fourth-order valence-corrected chi connectivity index (χ4v) is 3.21. The van der Waals surface area contributed by atoms with Crippen molar-refractivity contribution in [3.05, 3.63) is 62.2 Å². The minimum absolute atomic E-state index is 0.168. The Labute approximate surface area is 143 Å². The minimum atomic E-state index is -0.214. The third kappa shape index (κ3) is 4.03. The summed E-state index contributed by atoms with van der Waals surface area (Å²) in [5.41, 5.74) is 2.06. The monoisotopic (exact) mass is 420 g/mol. The highest BCUT2D eigenvalue weighted by Crippen LogP contribution is 2.34. The number of ether oxygens (including phenoxy) is 1. The van der Waals surface area contributed by atoms with Gasteiger partial charge in [0, 0.05) is 8.59 Å². The average Bonchev–Trinajstić information content (AvgIpc) is 2.41. The first-order chi connectivity index (χ1) is 9.47. The van der Waals surface area contributed by atoms with E-state index in [9.17, 15) is 0 Å². The summed E-state index contributed by atoms with van der Waals surface area (Å²) >= 11 is 14.9. The Hall–Kier alpha value is -0.450. The Bertz CT molecular complexity index is 582. The van der Waals surface area contributed by atoms with Crippen molar-refractivity contribution >= 4 is 45.8 Å². The molecule has 0 amide bonds. The summed E-state index contributed by atoms with van der Waals surface area (Å²) in [5.74, 6) is 0.855. The predicted molar refractivity (Wildman–Crippen MR) is 94.1 cm³/mol. The molecule has 0 N–H and O–H groups in total. The molecule has 1 atom stereocenters. The molecule has 1 nitrogen and oxygen atoms in total. The molecule has 0 aromatic heterocycles. The van der Waals surface area contributed by atoms with Crippen molar-refractivity contribution in [2.24, 2.45) is 0 Å². The lowest BCUT2D eigenvalue weighted by atomic mass is 10.0. The molecule has 4 heteroatoms. The molecule has 0 bridgehead atoms. The zero-order chi connectivity index (χ0) is 14.7. The standard InChI is InChI=1S/C16H15Cl2IO/c1-10(2)20-13-6-3-11(4-7-13)16(18)14-9-12(17)5-8-15(14)19/h3-10,16H,1-2H3. The van der Waals surface area contributed by atoms with Gasteiger partial charge in [-0.25, -0.2) is 0 Å². The number of rotatable bonds is 4. The molecule has 0 aliphatic rings. The van der Waals surface area contributed by atoms with Crippen LogP contribution in [-0.4, -0.2) is 6.10 Å². The molecule has 2 aromatic carbocycles. The molecule has 1 unspecified atom stereocenters. The minimum Gasteiger partial charge on any atom is -0.491 e. The number of hydrogen-bond donors (Lipinski definition) is 0. The van der Waals surface area contributed by atoms with E-state index in [0.717, 1.165) is 20.4 Å². The zero-order valence-electron chi connectivity index (χ0n) is 11.2. The highest BCUT2D eigenvalue weighted by Gasteiger charge is 2.14. The van der Waals surface area contributed by atoms with Gasteiger partial charge in [-0.05, 0) is 77.9 Å². The van der Waals surface area contributed by atoms with Gasteiger partial charge in [0.1, 0.15) is 5.75 Å². The van der Waals surface area contributed by atoms with Crippen molar-refractivity contribution in [2.45, 2.75) is 25.3 Å². The zero-order valence-corrected chi connectivity index (χ0v) is 14.9. The molecular weight excluding hydrogens is 406 g/mol. The summed E-state index contributed by atoms with van der Waals surface area (Å²) in [6.07, 6.45) is 0.168. The quantitative estimate of drug-likeness (QED) is 0.431. The Balaban J connectivity index is 2.24. The van der Waals surface area contributed by atoms with Crippen LogP contribution in [0.5, 0.6) is 5.75 Å². The highest BCUT2D eigenvalue weighted by molar-refractivity contribution is 14.1. The summed E-state index contributed by atoms with van der Waals surface area (Å²) < 4.78 is 6.74. The number of hydrogen-bond acceptors (Lipinski definition) is 1. The second-order valence-electron chi connectivity index (χ2n) is 4.76. The molecule has 0 saturated heterocycles. The van der Waals surface area contributed by atoms with Gasteiger partial charge in [0.05, 0.1) is 11.5 Å². The van der Waals surface area contributed by atoms with E-state index < -0.39 is 0 Å². The van der Waals surface area contributed by atoms with Gasteiger partial charge in [-0.3, -0.25) is 0 Å². The number of halogens is 3. The van der Waals surface area contributed by atoms with E-state index in [0.29, 0.717) is 5.02 Å². The van der Waals surface area contributed by atoms with Gasteiger partial charge >= 0.3 is 0 Å². The molecule has 0 heterocycles. The SMILES string of the molecule is CC(C)Oc1ccc(C(Cl)c2cc(Cl)ccc2I)cc1. The summed E-state index contributed by atoms with van der Waals surface area (Å²) in [5, 5.41) is 0.486. The Kier molecular flexibility index (Phi) is 5.58. The second-order valence-corrected chi connectivity index (χ2v) is 6.80. The van der Waals surface area contributed by atoms with Crippen molar-refractivity contribution in [3.63, 3.8) is 0 Å². The molecule has 2 aromatic rings. The van der Waals surface area contributed by atoms with Crippen LogP contribution < -0.4 is 4.74 Å². The average molecular weight is 421 g/mol. The van der Waals surface area contributed by atoms with Crippen LogP contribution in [0.2, 0.25) is 5.02 Å².